The Morgan fingerprint density at radius 1 is 1.21 bits per heavy atom. The number of benzene rings is 2. The number of aromatic nitrogens is 1. The summed E-state index contributed by atoms with van der Waals surface area (Å²) in [5.41, 5.74) is 8.79. The fourth-order valence-electron chi connectivity index (χ4n) is 3.54. The van der Waals surface area contributed by atoms with Gasteiger partial charge in [-0.3, -0.25) is 5.21 Å². The maximum Gasteiger partial charge on any atom is 0.119 e. The summed E-state index contributed by atoms with van der Waals surface area (Å²) in [6, 6.07) is 8.68. The fraction of sp³-hybridized carbons (Fsp3) is 0.381. The molecule has 0 spiro atoms. The quantitative estimate of drug-likeness (QED) is 0.283. The fourth-order valence-corrected chi connectivity index (χ4v) is 3.54. The zero-order valence-corrected chi connectivity index (χ0v) is 17.1. The van der Waals surface area contributed by atoms with Gasteiger partial charge in [0, 0.05) is 23.0 Å². The minimum atomic E-state index is -0.172. The first kappa shape index (κ1) is 20.9. The topological polar surface area (TPSA) is 110 Å². The Labute approximate surface area is 170 Å². The molecule has 0 saturated heterocycles. The highest BCUT2D eigenvalue weighted by Gasteiger charge is 2.15. The number of anilines is 3. The van der Waals surface area contributed by atoms with Gasteiger partial charge in [0.25, 0.3) is 0 Å². The van der Waals surface area contributed by atoms with Crippen molar-refractivity contribution in [3.05, 3.63) is 35.5 Å². The molecule has 0 amide bonds. The van der Waals surface area contributed by atoms with Gasteiger partial charge in [0.1, 0.15) is 5.75 Å². The molecule has 29 heavy (non-hydrogen) atoms. The third-order valence-corrected chi connectivity index (χ3v) is 5.22. The summed E-state index contributed by atoms with van der Waals surface area (Å²) in [7, 11) is 1.59. The van der Waals surface area contributed by atoms with Gasteiger partial charge in [-0.15, -0.1) is 0 Å². The normalized spacial score (nSPS) is 11.4. The molecule has 8 heteroatoms. The highest BCUT2D eigenvalue weighted by Crippen LogP contribution is 2.39. The van der Waals surface area contributed by atoms with Crippen LogP contribution in [-0.2, 0) is 0 Å². The largest absolute Gasteiger partial charge is 0.733 e. The predicted molar refractivity (Wildman–Crippen MR) is 119 cm³/mol. The maximum atomic E-state index is 11.7. The van der Waals surface area contributed by atoms with Crippen molar-refractivity contribution in [2.75, 3.05) is 49.6 Å². The van der Waals surface area contributed by atoms with E-state index in [9.17, 15) is 10.4 Å². The van der Waals surface area contributed by atoms with Crippen LogP contribution in [0.4, 0.5) is 17.1 Å². The van der Waals surface area contributed by atoms with Crippen LogP contribution < -0.4 is 21.0 Å². The number of methoxy groups -OCH3 is 1. The number of hydrogen-bond donors (Lipinski definition) is 3. The van der Waals surface area contributed by atoms with E-state index in [2.05, 4.69) is 29.0 Å². The summed E-state index contributed by atoms with van der Waals surface area (Å²) in [4.78, 5) is 6.95. The van der Waals surface area contributed by atoms with Crippen LogP contribution in [0.15, 0.2) is 30.3 Å². The van der Waals surface area contributed by atoms with Crippen molar-refractivity contribution in [1.82, 2.24) is 9.88 Å². The van der Waals surface area contributed by atoms with Gasteiger partial charge >= 0.3 is 0 Å². The van der Waals surface area contributed by atoms with Crippen molar-refractivity contribution in [3.8, 4) is 5.75 Å². The van der Waals surface area contributed by atoms with Gasteiger partial charge in [-0.05, 0) is 56.4 Å². The molecule has 3 rings (SSSR count). The second-order valence-electron chi connectivity index (χ2n) is 6.84. The van der Waals surface area contributed by atoms with Crippen LogP contribution in [-0.4, -0.2) is 48.4 Å². The van der Waals surface area contributed by atoms with Gasteiger partial charge in [-0.25, -0.2) is 4.98 Å². The van der Waals surface area contributed by atoms with Crippen LogP contribution in [0, 0.1) is 5.21 Å². The number of hydrogen-bond acceptors (Lipinski definition) is 8. The van der Waals surface area contributed by atoms with Crippen molar-refractivity contribution in [2.45, 2.75) is 20.3 Å². The second-order valence-corrected chi connectivity index (χ2v) is 6.84. The standard InChI is InChI=1S/C21H28N5O3/c1-4-25(5-2)12-6-11-23-17-9-10-18(26(27)28)21-19(17)20(22)15-13-14(29-3)7-8-16(15)24-21/h7-10,13,23,27H,4-6,11-12H2,1-3H3,(H2,22,24)/q-1. The Hall–Kier alpha value is -2.81. The van der Waals surface area contributed by atoms with E-state index in [1.807, 2.05) is 6.07 Å². The molecule has 156 valence electrons. The SMILES string of the molecule is CCN(CC)CCCNc1ccc(N([O-])O)c2nc3ccc(OC)cc3c(N)c12. The van der Waals surface area contributed by atoms with Gasteiger partial charge in [-0.1, -0.05) is 13.8 Å². The molecule has 0 aliphatic rings. The van der Waals surface area contributed by atoms with Crippen molar-refractivity contribution in [2.24, 2.45) is 0 Å². The molecule has 1 heterocycles. The van der Waals surface area contributed by atoms with Crippen LogP contribution in [0.25, 0.3) is 21.8 Å². The molecular formula is C21H28N5O3-. The molecule has 8 nitrogen and oxygen atoms in total. The second kappa shape index (κ2) is 9.13. The number of rotatable bonds is 9. The third kappa shape index (κ3) is 4.29. The first-order valence-electron chi connectivity index (χ1n) is 9.82. The lowest BCUT2D eigenvalue weighted by atomic mass is 10.0. The van der Waals surface area contributed by atoms with Crippen molar-refractivity contribution >= 4 is 38.9 Å². The average molecular weight is 398 g/mol. The molecule has 1 aromatic heterocycles. The first-order chi connectivity index (χ1) is 14.0. The molecule has 0 radical (unpaired) electrons. The molecule has 3 aromatic rings. The highest BCUT2D eigenvalue weighted by atomic mass is 16.8. The molecule has 0 aliphatic heterocycles. The molecule has 2 aromatic carbocycles. The summed E-state index contributed by atoms with van der Waals surface area (Å²) in [6.45, 7) is 8.09. The van der Waals surface area contributed by atoms with E-state index in [1.165, 1.54) is 0 Å². The Kier molecular flexibility index (Phi) is 6.58. The molecular weight excluding hydrogens is 370 g/mol. The third-order valence-electron chi connectivity index (χ3n) is 5.22. The smallest absolute Gasteiger partial charge is 0.119 e. The summed E-state index contributed by atoms with van der Waals surface area (Å²) in [6.07, 6.45) is 0.966. The van der Waals surface area contributed by atoms with Gasteiger partial charge in [-0.2, -0.15) is 0 Å². The lowest BCUT2D eigenvalue weighted by Crippen LogP contribution is -2.25. The molecule has 0 bridgehead atoms. The van der Waals surface area contributed by atoms with E-state index in [0.717, 1.165) is 43.7 Å². The zero-order chi connectivity index (χ0) is 21.0. The number of ether oxygens (including phenoxy) is 1. The molecule has 0 atom stereocenters. The van der Waals surface area contributed by atoms with E-state index < -0.39 is 0 Å². The van der Waals surface area contributed by atoms with Crippen molar-refractivity contribution in [1.29, 1.82) is 0 Å². The van der Waals surface area contributed by atoms with Crippen LogP contribution in [0.1, 0.15) is 20.3 Å². The van der Waals surface area contributed by atoms with Crippen LogP contribution in [0.3, 0.4) is 0 Å². The summed E-state index contributed by atoms with van der Waals surface area (Å²) in [5.74, 6) is 0.669. The maximum absolute atomic E-state index is 11.7. The van der Waals surface area contributed by atoms with E-state index in [-0.39, 0.29) is 10.9 Å². The molecule has 0 aliphatic carbocycles. The van der Waals surface area contributed by atoms with Crippen LogP contribution in [0.2, 0.25) is 0 Å². The van der Waals surface area contributed by atoms with Crippen molar-refractivity contribution < 1.29 is 9.94 Å². The number of pyridine rings is 1. The van der Waals surface area contributed by atoms with Gasteiger partial charge in [0.05, 0.1) is 29.5 Å². The van der Waals surface area contributed by atoms with Gasteiger partial charge < -0.3 is 31.1 Å². The minimum absolute atomic E-state index is 0.0538. The van der Waals surface area contributed by atoms with Gasteiger partial charge in [0.15, 0.2) is 0 Å². The lowest BCUT2D eigenvalue weighted by molar-refractivity contribution is 0.297. The molecule has 4 N–H and O–H groups in total. The van der Waals surface area contributed by atoms with Crippen LogP contribution in [0.5, 0.6) is 5.75 Å². The highest BCUT2D eigenvalue weighted by molar-refractivity contribution is 6.15. The summed E-state index contributed by atoms with van der Waals surface area (Å²) < 4.78 is 5.30. The Bertz CT molecular complexity index is 989. The number of nitrogen functional groups attached to an aromatic ring is 1. The van der Waals surface area contributed by atoms with Crippen LogP contribution >= 0.6 is 0 Å². The molecule has 0 fully saturated rings. The number of nitrogens with two attached hydrogens (primary N) is 1. The molecule has 0 unspecified atom stereocenters. The van der Waals surface area contributed by atoms with Gasteiger partial charge in [0.2, 0.25) is 0 Å². The van der Waals surface area contributed by atoms with E-state index in [4.69, 9.17) is 10.5 Å². The van der Waals surface area contributed by atoms with E-state index in [1.54, 1.807) is 31.4 Å². The number of nitrogens with one attached hydrogen (secondary N) is 1. The summed E-state index contributed by atoms with van der Waals surface area (Å²) >= 11 is 0. The summed E-state index contributed by atoms with van der Waals surface area (Å²) in [5, 5.41) is 25.8. The minimum Gasteiger partial charge on any atom is -0.733 e. The van der Waals surface area contributed by atoms with E-state index >= 15 is 0 Å². The number of nitrogens with zero attached hydrogens (tertiary/aromatic N) is 3. The molecule has 0 saturated carbocycles. The predicted octanol–water partition coefficient (Wildman–Crippen LogP) is 3.82. The Morgan fingerprint density at radius 3 is 2.62 bits per heavy atom. The number of fused-ring (bicyclic) bond motifs is 2. The zero-order valence-electron chi connectivity index (χ0n) is 17.1. The van der Waals surface area contributed by atoms with E-state index in [0.29, 0.717) is 27.9 Å². The Morgan fingerprint density at radius 2 is 1.97 bits per heavy atom. The monoisotopic (exact) mass is 398 g/mol. The first-order valence-corrected chi connectivity index (χ1v) is 9.82. The Balaban J connectivity index is 2.03. The van der Waals surface area contributed by atoms with Crippen molar-refractivity contribution in [3.63, 3.8) is 0 Å². The lowest BCUT2D eigenvalue weighted by Gasteiger charge is -2.25. The average Bonchev–Trinajstić information content (AvgIpc) is 2.73.